The van der Waals surface area contributed by atoms with Crippen molar-refractivity contribution in [1.82, 2.24) is 4.98 Å². The second-order valence-corrected chi connectivity index (χ2v) is 7.58. The number of carbonyl (C=O) groups excluding carboxylic acids is 1. The molecule has 0 bridgehead atoms. The molecule has 0 aliphatic heterocycles. The van der Waals surface area contributed by atoms with E-state index in [0.717, 1.165) is 28.4 Å². The number of aromatic nitrogens is 1. The van der Waals surface area contributed by atoms with E-state index < -0.39 is 23.7 Å². The Morgan fingerprint density at radius 1 is 1.31 bits per heavy atom. The summed E-state index contributed by atoms with van der Waals surface area (Å²) in [4.78, 5) is 29.4. The van der Waals surface area contributed by atoms with Crippen LogP contribution in [0.2, 0.25) is 0 Å². The first-order valence-corrected chi connectivity index (χ1v) is 9.29. The molecule has 0 saturated heterocycles. The number of aryl methyl sites for hydroxylation is 1. The molecular weight excluding hydrogens is 411 g/mol. The van der Waals surface area contributed by atoms with Crippen LogP contribution in [0.3, 0.4) is 0 Å². The van der Waals surface area contributed by atoms with Crippen LogP contribution >= 0.6 is 11.3 Å². The monoisotopic (exact) mass is 431 g/mol. The summed E-state index contributed by atoms with van der Waals surface area (Å²) in [6.07, 6.45) is -5.82. The van der Waals surface area contributed by atoms with Crippen molar-refractivity contribution >= 4 is 34.2 Å². The third-order valence-electron chi connectivity index (χ3n) is 3.73. The zero-order chi connectivity index (χ0) is 21.9. The zero-order valence-corrected chi connectivity index (χ0v) is 16.9. The van der Waals surface area contributed by atoms with Gasteiger partial charge in [0.1, 0.15) is 10.6 Å². The molecule has 2 N–H and O–H groups in total. The van der Waals surface area contributed by atoms with E-state index in [4.69, 9.17) is 4.74 Å². The normalized spacial score (nSPS) is 11.4. The Balaban J connectivity index is 2.32. The molecule has 1 aromatic heterocycles. The van der Waals surface area contributed by atoms with Gasteiger partial charge in [-0.2, -0.15) is 13.2 Å². The molecule has 2 aromatic rings. The van der Waals surface area contributed by atoms with E-state index in [9.17, 15) is 27.9 Å². The number of rotatable bonds is 6. The van der Waals surface area contributed by atoms with Crippen LogP contribution in [-0.2, 0) is 6.18 Å². The molecule has 1 heterocycles. The first kappa shape index (κ1) is 22.5. The van der Waals surface area contributed by atoms with Gasteiger partial charge in [-0.1, -0.05) is 25.2 Å². The smallest absolute Gasteiger partial charge is 0.416 e. The fraction of sp³-hybridized carbons (Fsp3) is 0.389. The number of thiazole rings is 1. The van der Waals surface area contributed by atoms with Crippen LogP contribution in [0.1, 0.15) is 34.8 Å². The highest BCUT2D eigenvalue weighted by molar-refractivity contribution is 7.17. The maximum Gasteiger partial charge on any atom is 0.416 e. The predicted molar refractivity (Wildman–Crippen MR) is 103 cm³/mol. The average Bonchev–Trinajstić information content (AvgIpc) is 2.99. The molecule has 0 fully saturated rings. The van der Waals surface area contributed by atoms with Crippen molar-refractivity contribution in [2.75, 3.05) is 23.9 Å². The summed E-state index contributed by atoms with van der Waals surface area (Å²) in [7, 11) is 1.22. The van der Waals surface area contributed by atoms with E-state index in [-0.39, 0.29) is 39.6 Å². The molecule has 0 radical (unpaired) electrons. The number of carboxylic acid groups (broad SMARTS) is 1. The molecule has 0 atom stereocenters. The summed E-state index contributed by atoms with van der Waals surface area (Å²) in [5, 5.41) is 11.9. The van der Waals surface area contributed by atoms with Gasteiger partial charge in [-0.15, -0.1) is 0 Å². The second kappa shape index (κ2) is 8.68. The summed E-state index contributed by atoms with van der Waals surface area (Å²) in [6.45, 7) is 5.39. The van der Waals surface area contributed by atoms with Gasteiger partial charge in [-0.25, -0.2) is 9.78 Å². The highest BCUT2D eigenvalue weighted by Gasteiger charge is 2.32. The lowest BCUT2D eigenvalue weighted by Gasteiger charge is -2.17. The minimum atomic E-state index is -4.61. The second-order valence-electron chi connectivity index (χ2n) is 6.60. The molecule has 2 rings (SSSR count). The van der Waals surface area contributed by atoms with E-state index >= 15 is 0 Å². The number of hydrogen-bond acceptors (Lipinski definition) is 5. The van der Waals surface area contributed by atoms with Crippen LogP contribution in [0.25, 0.3) is 0 Å². The van der Waals surface area contributed by atoms with E-state index in [1.165, 1.54) is 20.1 Å². The molecular formula is C18H20F3N3O4S. The average molecular weight is 431 g/mol. The molecule has 0 aliphatic carbocycles. The number of benzene rings is 1. The lowest BCUT2D eigenvalue weighted by atomic mass is 10.1. The molecule has 2 amide bonds. The fourth-order valence-electron chi connectivity index (χ4n) is 2.45. The van der Waals surface area contributed by atoms with Crippen molar-refractivity contribution in [3.63, 3.8) is 0 Å². The van der Waals surface area contributed by atoms with Gasteiger partial charge in [0.25, 0.3) is 5.91 Å². The molecule has 0 saturated carbocycles. The number of halogens is 3. The van der Waals surface area contributed by atoms with Gasteiger partial charge >= 0.3 is 12.3 Å². The van der Waals surface area contributed by atoms with Crippen LogP contribution in [0.15, 0.2) is 18.2 Å². The topological polar surface area (TPSA) is 91.8 Å². The Hall–Kier alpha value is -2.82. The van der Waals surface area contributed by atoms with Gasteiger partial charge in [-0.3, -0.25) is 9.69 Å². The van der Waals surface area contributed by atoms with E-state index in [0.29, 0.717) is 0 Å². The molecule has 11 heteroatoms. The van der Waals surface area contributed by atoms with E-state index in [1.54, 1.807) is 0 Å². The first-order valence-electron chi connectivity index (χ1n) is 8.48. The maximum absolute atomic E-state index is 13.0. The number of amides is 2. The molecule has 1 aromatic carbocycles. The number of carbonyl (C=O) groups is 2. The van der Waals surface area contributed by atoms with Crippen LogP contribution in [-0.4, -0.2) is 35.7 Å². The largest absolute Gasteiger partial charge is 0.497 e. The van der Waals surface area contributed by atoms with Crippen LogP contribution in [0.4, 0.5) is 28.8 Å². The van der Waals surface area contributed by atoms with Gasteiger partial charge in [0.2, 0.25) is 0 Å². The van der Waals surface area contributed by atoms with Crippen molar-refractivity contribution in [2.24, 2.45) is 5.92 Å². The quantitative estimate of drug-likeness (QED) is 0.681. The van der Waals surface area contributed by atoms with E-state index in [1.807, 2.05) is 13.8 Å². The maximum atomic E-state index is 13.0. The number of anilines is 2. The standard InChI is InChI=1S/C18H20F3N3O4S/c1-9(2)8-24(17(26)27)16-22-10(3)14(29-16)15(25)23-12-5-11(18(19,20)21)6-13(7-12)28-4/h5-7,9H,8H2,1-4H3,(H,23,25)(H,26,27). The number of nitrogens with one attached hydrogen (secondary N) is 1. The van der Waals surface area contributed by atoms with Crippen molar-refractivity contribution < 1.29 is 32.6 Å². The minimum absolute atomic E-state index is 0.0326. The highest BCUT2D eigenvalue weighted by Crippen LogP contribution is 2.35. The summed E-state index contributed by atoms with van der Waals surface area (Å²) < 4.78 is 44.0. The number of ether oxygens (including phenoxy) is 1. The molecule has 158 valence electrons. The summed E-state index contributed by atoms with van der Waals surface area (Å²) in [6, 6.07) is 2.87. The van der Waals surface area contributed by atoms with Crippen LogP contribution in [0, 0.1) is 12.8 Å². The van der Waals surface area contributed by atoms with Crippen LogP contribution in [0.5, 0.6) is 5.75 Å². The third kappa shape index (κ3) is 5.59. The first-order chi connectivity index (χ1) is 13.4. The van der Waals surface area contributed by atoms with Crippen molar-refractivity contribution in [2.45, 2.75) is 26.9 Å². The number of alkyl halides is 3. The van der Waals surface area contributed by atoms with Crippen LogP contribution < -0.4 is 15.0 Å². The molecule has 0 aliphatic rings. The number of nitrogens with zero attached hydrogens (tertiary/aromatic N) is 2. The number of hydrogen-bond donors (Lipinski definition) is 2. The Morgan fingerprint density at radius 3 is 2.48 bits per heavy atom. The zero-order valence-electron chi connectivity index (χ0n) is 16.1. The predicted octanol–water partition coefficient (Wildman–Crippen LogP) is 4.87. The lowest BCUT2D eigenvalue weighted by Crippen LogP contribution is -2.32. The molecule has 0 spiro atoms. The molecule has 0 unspecified atom stereocenters. The molecule has 29 heavy (non-hydrogen) atoms. The Bertz CT molecular complexity index is 912. The van der Waals surface area contributed by atoms with Gasteiger partial charge in [0.05, 0.1) is 18.4 Å². The summed E-state index contributed by atoms with van der Waals surface area (Å²) >= 11 is 0.853. The Labute approximate surface area is 169 Å². The SMILES string of the molecule is COc1cc(NC(=O)c2sc(N(CC(C)C)C(=O)O)nc2C)cc(C(F)(F)F)c1. The minimum Gasteiger partial charge on any atom is -0.497 e. The Morgan fingerprint density at radius 2 is 1.97 bits per heavy atom. The van der Waals surface area contributed by atoms with Gasteiger partial charge in [-0.05, 0) is 25.0 Å². The van der Waals surface area contributed by atoms with Crippen molar-refractivity contribution in [3.8, 4) is 5.75 Å². The number of methoxy groups -OCH3 is 1. The van der Waals surface area contributed by atoms with Crippen molar-refractivity contribution in [1.29, 1.82) is 0 Å². The van der Waals surface area contributed by atoms with Gasteiger partial charge in [0, 0.05) is 18.3 Å². The summed E-state index contributed by atoms with van der Waals surface area (Å²) in [5.41, 5.74) is -0.799. The fourth-order valence-corrected chi connectivity index (χ4v) is 3.42. The highest BCUT2D eigenvalue weighted by atomic mass is 32.1. The molecule has 7 nitrogen and oxygen atoms in total. The van der Waals surface area contributed by atoms with Gasteiger partial charge in [0.15, 0.2) is 5.13 Å². The summed E-state index contributed by atoms with van der Waals surface area (Å²) in [5.74, 6) is -0.724. The Kier molecular flexibility index (Phi) is 6.73. The lowest BCUT2D eigenvalue weighted by molar-refractivity contribution is -0.137. The van der Waals surface area contributed by atoms with Crippen molar-refractivity contribution in [3.05, 3.63) is 34.3 Å². The third-order valence-corrected chi connectivity index (χ3v) is 4.91. The van der Waals surface area contributed by atoms with Gasteiger partial charge < -0.3 is 15.2 Å². The van der Waals surface area contributed by atoms with E-state index in [2.05, 4.69) is 10.3 Å².